The summed E-state index contributed by atoms with van der Waals surface area (Å²) >= 11 is 0. The number of amides is 1. The minimum absolute atomic E-state index is 0.0597. The first kappa shape index (κ1) is 10.9. The zero-order valence-electron chi connectivity index (χ0n) is 9.42. The molecule has 3 atom stereocenters. The van der Waals surface area contributed by atoms with E-state index in [4.69, 9.17) is 0 Å². The second-order valence-corrected chi connectivity index (χ2v) is 5.28. The van der Waals surface area contributed by atoms with E-state index in [2.05, 4.69) is 10.6 Å². The molecule has 0 spiro atoms. The maximum Gasteiger partial charge on any atom is 0.237 e. The zero-order chi connectivity index (χ0) is 11.1. The Morgan fingerprint density at radius 2 is 2.27 bits per heavy atom. The van der Waals surface area contributed by atoms with Crippen LogP contribution in [-0.4, -0.2) is 35.7 Å². The van der Waals surface area contributed by atoms with Gasteiger partial charge in [-0.1, -0.05) is 13.8 Å². The van der Waals surface area contributed by atoms with Crippen LogP contribution in [0.1, 0.15) is 33.1 Å². The Labute approximate surface area is 90.4 Å². The van der Waals surface area contributed by atoms with Crippen LogP contribution in [0, 0.1) is 5.41 Å². The van der Waals surface area contributed by atoms with Gasteiger partial charge in [0.2, 0.25) is 5.91 Å². The van der Waals surface area contributed by atoms with Crippen LogP contribution < -0.4 is 10.6 Å². The normalized spacial score (nSPS) is 39.4. The Hall–Kier alpha value is -0.610. The Morgan fingerprint density at radius 3 is 2.80 bits per heavy atom. The number of hydrogen-bond donors (Lipinski definition) is 3. The summed E-state index contributed by atoms with van der Waals surface area (Å²) in [6.07, 6.45) is 2.48. The average molecular weight is 212 g/mol. The fourth-order valence-corrected chi connectivity index (χ4v) is 2.36. The fourth-order valence-electron chi connectivity index (χ4n) is 2.36. The van der Waals surface area contributed by atoms with Crippen molar-refractivity contribution in [3.63, 3.8) is 0 Å². The Kier molecular flexibility index (Phi) is 2.73. The molecule has 0 radical (unpaired) electrons. The SMILES string of the molecule is CC1(C)C(O)CC1NC1CCCNC1=O. The van der Waals surface area contributed by atoms with Crippen LogP contribution in [0.5, 0.6) is 0 Å². The molecule has 0 aromatic rings. The number of aliphatic hydroxyl groups excluding tert-OH is 1. The van der Waals surface area contributed by atoms with Crippen molar-refractivity contribution in [3.05, 3.63) is 0 Å². The Bertz CT molecular complexity index is 265. The van der Waals surface area contributed by atoms with Crippen LogP contribution in [0.4, 0.5) is 0 Å². The van der Waals surface area contributed by atoms with Crippen LogP contribution in [-0.2, 0) is 4.79 Å². The van der Waals surface area contributed by atoms with E-state index >= 15 is 0 Å². The number of carbonyl (C=O) groups is 1. The summed E-state index contributed by atoms with van der Waals surface area (Å²) in [5, 5.41) is 15.8. The van der Waals surface area contributed by atoms with Crippen molar-refractivity contribution in [2.24, 2.45) is 5.41 Å². The van der Waals surface area contributed by atoms with Crippen molar-refractivity contribution in [3.8, 4) is 0 Å². The second-order valence-electron chi connectivity index (χ2n) is 5.28. The molecule has 2 aliphatic rings. The highest BCUT2D eigenvalue weighted by molar-refractivity contribution is 5.82. The van der Waals surface area contributed by atoms with Gasteiger partial charge in [-0.2, -0.15) is 0 Å². The first-order valence-corrected chi connectivity index (χ1v) is 5.73. The van der Waals surface area contributed by atoms with Gasteiger partial charge in [-0.05, 0) is 19.3 Å². The summed E-state index contributed by atoms with van der Waals surface area (Å²) in [5.74, 6) is 0.110. The monoisotopic (exact) mass is 212 g/mol. The molecule has 1 saturated carbocycles. The van der Waals surface area contributed by atoms with Crippen molar-refractivity contribution < 1.29 is 9.90 Å². The molecule has 3 N–H and O–H groups in total. The summed E-state index contributed by atoms with van der Waals surface area (Å²) in [6, 6.07) is 0.205. The second kappa shape index (κ2) is 3.76. The van der Waals surface area contributed by atoms with Gasteiger partial charge in [-0.3, -0.25) is 4.79 Å². The van der Waals surface area contributed by atoms with Gasteiger partial charge in [0, 0.05) is 18.0 Å². The minimum atomic E-state index is -0.235. The molecule has 4 heteroatoms. The summed E-state index contributed by atoms with van der Waals surface area (Å²) < 4.78 is 0. The quantitative estimate of drug-likeness (QED) is 0.604. The van der Waals surface area contributed by atoms with Gasteiger partial charge in [-0.15, -0.1) is 0 Å². The van der Waals surface area contributed by atoms with Crippen LogP contribution in [0.3, 0.4) is 0 Å². The maximum absolute atomic E-state index is 11.5. The van der Waals surface area contributed by atoms with Gasteiger partial charge in [-0.25, -0.2) is 0 Å². The molecule has 0 bridgehead atoms. The molecular weight excluding hydrogens is 192 g/mol. The highest BCUT2D eigenvalue weighted by Gasteiger charge is 2.48. The summed E-state index contributed by atoms with van der Waals surface area (Å²) in [7, 11) is 0. The molecule has 1 amide bonds. The molecule has 3 unspecified atom stereocenters. The van der Waals surface area contributed by atoms with Gasteiger partial charge in [0.25, 0.3) is 0 Å². The van der Waals surface area contributed by atoms with Crippen LogP contribution >= 0.6 is 0 Å². The van der Waals surface area contributed by atoms with Crippen LogP contribution in [0.25, 0.3) is 0 Å². The van der Waals surface area contributed by atoms with Crippen LogP contribution in [0.2, 0.25) is 0 Å². The van der Waals surface area contributed by atoms with E-state index in [1.165, 1.54) is 0 Å². The topological polar surface area (TPSA) is 61.4 Å². The molecule has 0 aromatic carbocycles. The smallest absolute Gasteiger partial charge is 0.237 e. The van der Waals surface area contributed by atoms with Gasteiger partial charge >= 0.3 is 0 Å². The van der Waals surface area contributed by atoms with E-state index in [-0.39, 0.29) is 29.5 Å². The summed E-state index contributed by atoms with van der Waals surface area (Å²) in [4.78, 5) is 11.5. The molecule has 2 rings (SSSR count). The maximum atomic E-state index is 11.5. The Balaban J connectivity index is 1.89. The number of rotatable bonds is 2. The number of nitrogens with one attached hydrogen (secondary N) is 2. The third kappa shape index (κ3) is 1.88. The zero-order valence-corrected chi connectivity index (χ0v) is 9.42. The molecular formula is C11H20N2O2. The fraction of sp³-hybridized carbons (Fsp3) is 0.909. The molecule has 4 nitrogen and oxygen atoms in total. The molecule has 1 aliphatic heterocycles. The Morgan fingerprint density at radius 1 is 1.53 bits per heavy atom. The van der Waals surface area contributed by atoms with Crippen molar-refractivity contribution in [1.82, 2.24) is 10.6 Å². The lowest BCUT2D eigenvalue weighted by atomic mass is 9.64. The van der Waals surface area contributed by atoms with Crippen LogP contribution in [0.15, 0.2) is 0 Å². The lowest BCUT2D eigenvalue weighted by Crippen LogP contribution is -2.64. The van der Waals surface area contributed by atoms with Gasteiger partial charge < -0.3 is 15.7 Å². The summed E-state index contributed by atoms with van der Waals surface area (Å²) in [5.41, 5.74) is -0.0995. The molecule has 15 heavy (non-hydrogen) atoms. The summed E-state index contributed by atoms with van der Waals surface area (Å²) in [6.45, 7) is 4.88. The van der Waals surface area contributed by atoms with Crippen molar-refractivity contribution in [1.29, 1.82) is 0 Å². The molecule has 2 fully saturated rings. The average Bonchev–Trinajstić information content (AvgIpc) is 2.20. The predicted octanol–water partition coefficient (Wildman–Crippen LogP) is 0.0140. The molecule has 86 valence electrons. The number of carbonyl (C=O) groups excluding carboxylic acids is 1. The highest BCUT2D eigenvalue weighted by Crippen LogP contribution is 2.40. The number of piperidine rings is 1. The van der Waals surface area contributed by atoms with Crippen molar-refractivity contribution in [2.45, 2.75) is 51.3 Å². The first-order valence-electron chi connectivity index (χ1n) is 5.73. The third-order valence-corrected chi connectivity index (χ3v) is 3.90. The van der Waals surface area contributed by atoms with Gasteiger partial charge in [0.1, 0.15) is 0 Å². The van der Waals surface area contributed by atoms with E-state index in [0.717, 1.165) is 25.8 Å². The van der Waals surface area contributed by atoms with E-state index in [0.29, 0.717) is 0 Å². The standard InChI is InChI=1S/C11H20N2O2/c1-11(2)8(6-9(11)14)13-7-4-3-5-12-10(7)15/h7-9,13-14H,3-6H2,1-2H3,(H,12,15). The van der Waals surface area contributed by atoms with E-state index in [9.17, 15) is 9.90 Å². The van der Waals surface area contributed by atoms with E-state index < -0.39 is 0 Å². The molecule has 1 saturated heterocycles. The van der Waals surface area contributed by atoms with E-state index in [1.807, 2.05) is 13.8 Å². The van der Waals surface area contributed by atoms with Gasteiger partial charge in [0.05, 0.1) is 12.1 Å². The van der Waals surface area contributed by atoms with Gasteiger partial charge in [0.15, 0.2) is 0 Å². The highest BCUT2D eigenvalue weighted by atomic mass is 16.3. The van der Waals surface area contributed by atoms with Crippen molar-refractivity contribution >= 4 is 5.91 Å². The lowest BCUT2D eigenvalue weighted by Gasteiger charge is -2.51. The minimum Gasteiger partial charge on any atom is -0.392 e. The molecule has 1 heterocycles. The van der Waals surface area contributed by atoms with E-state index in [1.54, 1.807) is 0 Å². The molecule has 0 aromatic heterocycles. The van der Waals surface area contributed by atoms with Crippen molar-refractivity contribution in [2.75, 3.05) is 6.54 Å². The number of hydrogen-bond acceptors (Lipinski definition) is 3. The third-order valence-electron chi connectivity index (χ3n) is 3.90. The largest absolute Gasteiger partial charge is 0.392 e. The molecule has 1 aliphatic carbocycles. The number of aliphatic hydroxyl groups is 1. The predicted molar refractivity (Wildman–Crippen MR) is 57.4 cm³/mol. The lowest BCUT2D eigenvalue weighted by molar-refractivity contribution is -0.127. The first-order chi connectivity index (χ1) is 7.01.